The van der Waals surface area contributed by atoms with E-state index in [2.05, 4.69) is 56.0 Å². The van der Waals surface area contributed by atoms with Gasteiger partial charge in [-0.1, -0.05) is 50.1 Å². The third-order valence-corrected chi connectivity index (χ3v) is 3.79. The summed E-state index contributed by atoms with van der Waals surface area (Å²) in [6.07, 6.45) is 3.90. The van der Waals surface area contributed by atoms with Gasteiger partial charge in [-0.25, -0.2) is 0 Å². The summed E-state index contributed by atoms with van der Waals surface area (Å²) in [7, 11) is 0. The molecule has 2 nitrogen and oxygen atoms in total. The average molecular weight is 262 g/mol. The molecule has 0 aliphatic rings. The average Bonchev–Trinajstić information content (AvgIpc) is 2.43. The van der Waals surface area contributed by atoms with E-state index in [1.807, 2.05) is 0 Å². The van der Waals surface area contributed by atoms with E-state index in [0.29, 0.717) is 12.0 Å². The fraction of sp³-hybridized carbons (Fsp3) is 0.647. The molecule has 0 heterocycles. The number of benzene rings is 1. The molecular weight excluding hydrogens is 232 g/mol. The van der Waals surface area contributed by atoms with E-state index in [-0.39, 0.29) is 0 Å². The summed E-state index contributed by atoms with van der Waals surface area (Å²) in [4.78, 5) is 2.57. The lowest BCUT2D eigenvalue weighted by molar-refractivity contribution is 0.204. The van der Waals surface area contributed by atoms with Gasteiger partial charge >= 0.3 is 0 Å². The fourth-order valence-electron chi connectivity index (χ4n) is 2.45. The third-order valence-electron chi connectivity index (χ3n) is 3.79. The van der Waals surface area contributed by atoms with E-state index < -0.39 is 0 Å². The first-order valence-corrected chi connectivity index (χ1v) is 7.68. The second-order valence-corrected chi connectivity index (χ2v) is 5.64. The van der Waals surface area contributed by atoms with Crippen molar-refractivity contribution in [2.45, 2.75) is 52.0 Å². The zero-order valence-corrected chi connectivity index (χ0v) is 12.8. The van der Waals surface area contributed by atoms with E-state index in [4.69, 9.17) is 5.73 Å². The van der Waals surface area contributed by atoms with Crippen LogP contribution in [-0.2, 0) is 0 Å². The number of nitrogens with zero attached hydrogens (tertiary/aromatic N) is 1. The van der Waals surface area contributed by atoms with Crippen molar-refractivity contribution in [3.05, 3.63) is 35.9 Å². The molecule has 0 radical (unpaired) electrons. The summed E-state index contributed by atoms with van der Waals surface area (Å²) in [6.45, 7) is 9.80. The largest absolute Gasteiger partial charge is 0.330 e. The number of unbranched alkanes of at least 4 members (excludes halogenated alkanes) is 2. The van der Waals surface area contributed by atoms with Gasteiger partial charge in [0, 0.05) is 25.0 Å². The highest BCUT2D eigenvalue weighted by atomic mass is 15.1. The molecule has 1 rings (SSSR count). The molecule has 1 aromatic rings. The molecule has 0 bridgehead atoms. The lowest BCUT2D eigenvalue weighted by atomic mass is 9.98. The van der Waals surface area contributed by atoms with Crippen LogP contribution in [0.5, 0.6) is 0 Å². The Balaban J connectivity index is 2.60. The molecule has 108 valence electrons. The molecule has 0 amide bonds. The standard InChI is InChI=1S/C17H30N2/c1-4-5-9-12-19(15(2)3)14-17(13-18)16-10-7-6-8-11-16/h6-8,10-11,15,17H,4-5,9,12-14,18H2,1-3H3. The number of hydrogen-bond acceptors (Lipinski definition) is 2. The fourth-order valence-corrected chi connectivity index (χ4v) is 2.45. The van der Waals surface area contributed by atoms with Crippen LogP contribution in [0.25, 0.3) is 0 Å². The molecule has 0 spiro atoms. The highest BCUT2D eigenvalue weighted by Gasteiger charge is 2.16. The first-order chi connectivity index (χ1) is 9.19. The number of rotatable bonds is 9. The predicted molar refractivity (Wildman–Crippen MR) is 84.5 cm³/mol. The molecule has 0 saturated carbocycles. The van der Waals surface area contributed by atoms with Crippen molar-refractivity contribution >= 4 is 0 Å². The minimum absolute atomic E-state index is 0.449. The van der Waals surface area contributed by atoms with Crippen LogP contribution in [0.1, 0.15) is 51.5 Å². The van der Waals surface area contributed by atoms with Crippen LogP contribution in [0.15, 0.2) is 30.3 Å². The molecule has 2 N–H and O–H groups in total. The monoisotopic (exact) mass is 262 g/mol. The van der Waals surface area contributed by atoms with Gasteiger partial charge in [-0.2, -0.15) is 0 Å². The molecule has 0 saturated heterocycles. The zero-order valence-electron chi connectivity index (χ0n) is 12.8. The van der Waals surface area contributed by atoms with Crippen molar-refractivity contribution in [1.29, 1.82) is 0 Å². The first-order valence-electron chi connectivity index (χ1n) is 7.68. The minimum Gasteiger partial charge on any atom is -0.330 e. The van der Waals surface area contributed by atoms with Crippen LogP contribution >= 0.6 is 0 Å². The third kappa shape index (κ3) is 5.75. The predicted octanol–water partition coefficient (Wildman–Crippen LogP) is 3.63. The Morgan fingerprint density at radius 3 is 2.32 bits per heavy atom. The van der Waals surface area contributed by atoms with Crippen molar-refractivity contribution in [2.75, 3.05) is 19.6 Å². The summed E-state index contributed by atoms with van der Waals surface area (Å²) in [6, 6.07) is 11.3. The van der Waals surface area contributed by atoms with E-state index in [9.17, 15) is 0 Å². The Hall–Kier alpha value is -0.860. The molecule has 1 unspecified atom stereocenters. The van der Waals surface area contributed by atoms with E-state index in [0.717, 1.165) is 13.1 Å². The Morgan fingerprint density at radius 1 is 1.11 bits per heavy atom. The van der Waals surface area contributed by atoms with Crippen LogP contribution in [0.3, 0.4) is 0 Å². The lowest BCUT2D eigenvalue weighted by Crippen LogP contribution is -2.37. The van der Waals surface area contributed by atoms with Gasteiger partial charge in [-0.15, -0.1) is 0 Å². The molecule has 0 aliphatic heterocycles. The van der Waals surface area contributed by atoms with Gasteiger partial charge in [0.05, 0.1) is 0 Å². The SMILES string of the molecule is CCCCCN(CC(CN)c1ccccc1)C(C)C. The van der Waals surface area contributed by atoms with Crippen molar-refractivity contribution in [1.82, 2.24) is 4.90 Å². The highest BCUT2D eigenvalue weighted by molar-refractivity contribution is 5.20. The van der Waals surface area contributed by atoms with Crippen LogP contribution in [0.2, 0.25) is 0 Å². The quantitative estimate of drug-likeness (QED) is 0.689. The van der Waals surface area contributed by atoms with E-state index >= 15 is 0 Å². The van der Waals surface area contributed by atoms with Gasteiger partial charge in [-0.3, -0.25) is 0 Å². The number of hydrogen-bond donors (Lipinski definition) is 1. The van der Waals surface area contributed by atoms with Crippen LogP contribution in [0.4, 0.5) is 0 Å². The highest BCUT2D eigenvalue weighted by Crippen LogP contribution is 2.17. The molecule has 1 aromatic carbocycles. The smallest absolute Gasteiger partial charge is 0.00889 e. The second kappa shape index (κ2) is 9.11. The maximum atomic E-state index is 5.98. The van der Waals surface area contributed by atoms with Gasteiger partial charge < -0.3 is 10.6 Å². The van der Waals surface area contributed by atoms with Gasteiger partial charge in [0.15, 0.2) is 0 Å². The Kier molecular flexibility index (Phi) is 7.76. The molecule has 1 atom stereocenters. The van der Waals surface area contributed by atoms with Crippen molar-refractivity contribution in [3.63, 3.8) is 0 Å². The molecule has 0 aromatic heterocycles. The van der Waals surface area contributed by atoms with Gasteiger partial charge in [-0.05, 0) is 32.4 Å². The van der Waals surface area contributed by atoms with Crippen molar-refractivity contribution in [2.24, 2.45) is 5.73 Å². The Morgan fingerprint density at radius 2 is 1.79 bits per heavy atom. The summed E-state index contributed by atoms with van der Waals surface area (Å²) in [5.41, 5.74) is 7.35. The van der Waals surface area contributed by atoms with Crippen molar-refractivity contribution < 1.29 is 0 Å². The number of nitrogens with two attached hydrogens (primary N) is 1. The first kappa shape index (κ1) is 16.2. The molecule has 0 fully saturated rings. The van der Waals surface area contributed by atoms with Crippen LogP contribution in [0, 0.1) is 0 Å². The van der Waals surface area contributed by atoms with E-state index in [1.54, 1.807) is 0 Å². The Bertz CT molecular complexity index is 321. The van der Waals surface area contributed by atoms with Gasteiger partial charge in [0.25, 0.3) is 0 Å². The maximum Gasteiger partial charge on any atom is 0.00889 e. The Labute approximate surface area is 119 Å². The molecule has 0 aliphatic carbocycles. The zero-order chi connectivity index (χ0) is 14.1. The second-order valence-electron chi connectivity index (χ2n) is 5.64. The summed E-state index contributed by atoms with van der Waals surface area (Å²) in [5, 5.41) is 0. The summed E-state index contributed by atoms with van der Waals surface area (Å²) >= 11 is 0. The molecule has 19 heavy (non-hydrogen) atoms. The molecule has 2 heteroatoms. The van der Waals surface area contributed by atoms with E-state index in [1.165, 1.54) is 31.4 Å². The lowest BCUT2D eigenvalue weighted by Gasteiger charge is -2.30. The van der Waals surface area contributed by atoms with Crippen LogP contribution in [-0.4, -0.2) is 30.6 Å². The molecular formula is C17H30N2. The van der Waals surface area contributed by atoms with Gasteiger partial charge in [0.1, 0.15) is 0 Å². The maximum absolute atomic E-state index is 5.98. The van der Waals surface area contributed by atoms with Gasteiger partial charge in [0.2, 0.25) is 0 Å². The summed E-state index contributed by atoms with van der Waals surface area (Å²) in [5.74, 6) is 0.449. The minimum atomic E-state index is 0.449. The normalized spacial score (nSPS) is 13.2. The topological polar surface area (TPSA) is 29.3 Å². The van der Waals surface area contributed by atoms with Crippen LogP contribution < -0.4 is 5.73 Å². The van der Waals surface area contributed by atoms with Crippen molar-refractivity contribution in [3.8, 4) is 0 Å². The summed E-state index contributed by atoms with van der Waals surface area (Å²) < 4.78 is 0.